The summed E-state index contributed by atoms with van der Waals surface area (Å²) in [6, 6.07) is 29.5. The number of halogens is 1. The van der Waals surface area contributed by atoms with Crippen LogP contribution in [0.3, 0.4) is 0 Å². The van der Waals surface area contributed by atoms with E-state index in [1.165, 1.54) is 36.5 Å². The van der Waals surface area contributed by atoms with Crippen molar-refractivity contribution in [3.8, 4) is 0 Å². The summed E-state index contributed by atoms with van der Waals surface area (Å²) in [6.45, 7) is 6.20. The van der Waals surface area contributed by atoms with Crippen molar-refractivity contribution in [3.63, 3.8) is 0 Å². The molecule has 0 atom stereocenters. The highest BCUT2D eigenvalue weighted by molar-refractivity contribution is 8.00. The third-order valence-electron chi connectivity index (χ3n) is 5.56. The number of nitrogens with one attached hydrogen (secondary N) is 1. The number of aryl methyl sites for hydroxylation is 1. The number of nitrogens with zero attached hydrogens (tertiary/aromatic N) is 1. The molecule has 4 aromatic rings. The minimum atomic E-state index is 0.780. The van der Waals surface area contributed by atoms with E-state index < -0.39 is 0 Å². The Hall–Kier alpha value is -2.53. The Kier molecular flexibility index (Phi) is 8.15. The quantitative estimate of drug-likeness (QED) is 0.244. The Labute approximate surface area is 216 Å². The van der Waals surface area contributed by atoms with Crippen LogP contribution in [0.1, 0.15) is 26.3 Å². The first-order chi connectivity index (χ1) is 16.6. The molecule has 6 rings (SSSR count). The molecule has 2 nitrogen and oxygen atoms in total. The minimum absolute atomic E-state index is 0.780. The summed E-state index contributed by atoms with van der Waals surface area (Å²) in [7, 11) is 2.15. The third kappa shape index (κ3) is 5.25. The van der Waals surface area contributed by atoms with Gasteiger partial charge in [-0.3, -0.25) is 0 Å². The first-order valence-corrected chi connectivity index (χ1v) is 13.6. The standard InChI is InChI=1S/C15H15NS.C12H8ClNS.C2H6/c1-3-11-8-9-15-13(10-11)16(2)12-6-4-5-7-14(12)17-15;13-8-5-6-10-12(7-8)15-11-4-2-1-3-9(11)14-10;1-2/h4-10H,3H2,1-2H3;1-7,14H;1-2H3. The molecule has 0 aliphatic carbocycles. The second-order valence-electron chi connectivity index (χ2n) is 7.65. The minimum Gasteiger partial charge on any atom is -0.354 e. The van der Waals surface area contributed by atoms with Crippen LogP contribution < -0.4 is 10.2 Å². The Morgan fingerprint density at radius 1 is 0.706 bits per heavy atom. The fourth-order valence-corrected chi connectivity index (χ4v) is 6.20. The summed E-state index contributed by atoms with van der Waals surface area (Å²) in [5.74, 6) is 0. The van der Waals surface area contributed by atoms with Crippen LogP contribution in [0, 0.1) is 0 Å². The molecule has 1 N–H and O–H groups in total. The molecule has 174 valence electrons. The van der Waals surface area contributed by atoms with Crippen LogP contribution in [0.25, 0.3) is 0 Å². The monoisotopic (exact) mass is 504 g/mol. The highest BCUT2D eigenvalue weighted by Crippen LogP contribution is 2.47. The Morgan fingerprint density at radius 3 is 2.15 bits per heavy atom. The van der Waals surface area contributed by atoms with Gasteiger partial charge in [0.15, 0.2) is 0 Å². The molecular weight excluding hydrogens is 476 g/mol. The molecule has 0 fully saturated rings. The summed E-state index contributed by atoms with van der Waals surface area (Å²) in [6.07, 6.45) is 1.09. The summed E-state index contributed by atoms with van der Waals surface area (Å²) < 4.78 is 0. The van der Waals surface area contributed by atoms with E-state index in [0.29, 0.717) is 0 Å². The first-order valence-electron chi connectivity index (χ1n) is 11.6. The SMILES string of the molecule is CC.CCc1ccc2c(c1)N(C)c1ccccc1S2.Clc1ccc2c(c1)Sc1ccccc1N2. The van der Waals surface area contributed by atoms with Crippen molar-refractivity contribution >= 4 is 57.9 Å². The van der Waals surface area contributed by atoms with E-state index in [-0.39, 0.29) is 0 Å². The normalized spacial score (nSPS) is 12.3. The van der Waals surface area contributed by atoms with Crippen LogP contribution in [0.4, 0.5) is 22.7 Å². The Balaban J connectivity index is 0.000000151. The van der Waals surface area contributed by atoms with Gasteiger partial charge in [0.2, 0.25) is 0 Å². The molecular formula is C29H29ClN2S2. The predicted octanol–water partition coefficient (Wildman–Crippen LogP) is 10.1. The molecule has 5 heteroatoms. The number of anilines is 4. The van der Waals surface area contributed by atoms with E-state index in [4.69, 9.17) is 11.6 Å². The summed E-state index contributed by atoms with van der Waals surface area (Å²) in [5.41, 5.74) is 6.32. The molecule has 0 bridgehead atoms. The van der Waals surface area contributed by atoms with Gasteiger partial charge < -0.3 is 10.2 Å². The Bertz CT molecular complexity index is 1290. The number of hydrogen-bond donors (Lipinski definition) is 1. The van der Waals surface area contributed by atoms with Crippen molar-refractivity contribution in [1.82, 2.24) is 0 Å². The van der Waals surface area contributed by atoms with Crippen LogP contribution in [0.15, 0.2) is 105 Å². The maximum absolute atomic E-state index is 5.96. The second-order valence-corrected chi connectivity index (χ2v) is 10.3. The number of benzene rings is 4. The fourth-order valence-electron chi connectivity index (χ4n) is 3.81. The van der Waals surface area contributed by atoms with Crippen LogP contribution in [-0.4, -0.2) is 7.05 Å². The van der Waals surface area contributed by atoms with Gasteiger partial charge in [0.1, 0.15) is 0 Å². The average Bonchev–Trinajstić information content (AvgIpc) is 2.89. The second kappa shape index (κ2) is 11.3. The lowest BCUT2D eigenvalue weighted by molar-refractivity contribution is 1.08. The van der Waals surface area contributed by atoms with Gasteiger partial charge in [-0.2, -0.15) is 0 Å². The van der Waals surface area contributed by atoms with Crippen LogP contribution in [-0.2, 0) is 6.42 Å². The molecule has 4 aromatic carbocycles. The number of fused-ring (bicyclic) bond motifs is 4. The van der Waals surface area contributed by atoms with Crippen LogP contribution >= 0.6 is 35.1 Å². The Morgan fingerprint density at radius 2 is 1.35 bits per heavy atom. The largest absolute Gasteiger partial charge is 0.354 e. The van der Waals surface area contributed by atoms with Crippen molar-refractivity contribution in [3.05, 3.63) is 95.5 Å². The van der Waals surface area contributed by atoms with Crippen molar-refractivity contribution in [2.75, 3.05) is 17.3 Å². The molecule has 0 amide bonds. The van der Waals surface area contributed by atoms with E-state index >= 15 is 0 Å². The van der Waals surface area contributed by atoms with Gasteiger partial charge in [0.25, 0.3) is 0 Å². The fraction of sp³-hybridized carbons (Fsp3) is 0.172. The highest BCUT2D eigenvalue weighted by Gasteiger charge is 2.20. The lowest BCUT2D eigenvalue weighted by Gasteiger charge is -2.29. The number of rotatable bonds is 1. The molecule has 0 saturated carbocycles. The van der Waals surface area contributed by atoms with Gasteiger partial charge in [-0.05, 0) is 66.6 Å². The van der Waals surface area contributed by atoms with E-state index in [2.05, 4.69) is 78.8 Å². The van der Waals surface area contributed by atoms with Gasteiger partial charge in [0, 0.05) is 31.7 Å². The zero-order valence-corrected chi connectivity index (χ0v) is 22.3. The number of hydrogen-bond acceptors (Lipinski definition) is 4. The zero-order valence-electron chi connectivity index (χ0n) is 19.9. The van der Waals surface area contributed by atoms with Gasteiger partial charge in [0.05, 0.1) is 22.7 Å². The molecule has 2 aliphatic rings. The molecule has 2 aliphatic heterocycles. The lowest BCUT2D eigenvalue weighted by atomic mass is 10.1. The summed E-state index contributed by atoms with van der Waals surface area (Å²) >= 11 is 9.58. The van der Waals surface area contributed by atoms with Crippen molar-refractivity contribution in [2.24, 2.45) is 0 Å². The van der Waals surface area contributed by atoms with E-state index in [9.17, 15) is 0 Å². The van der Waals surface area contributed by atoms with Crippen molar-refractivity contribution in [1.29, 1.82) is 0 Å². The van der Waals surface area contributed by atoms with E-state index in [1.807, 2.05) is 55.9 Å². The third-order valence-corrected chi connectivity index (χ3v) is 8.06. The molecule has 34 heavy (non-hydrogen) atoms. The highest BCUT2D eigenvalue weighted by atomic mass is 35.5. The maximum Gasteiger partial charge on any atom is 0.0552 e. The van der Waals surface area contributed by atoms with Crippen molar-refractivity contribution in [2.45, 2.75) is 46.8 Å². The summed E-state index contributed by atoms with van der Waals surface area (Å²) in [4.78, 5) is 7.41. The first kappa shape index (κ1) is 24.6. The summed E-state index contributed by atoms with van der Waals surface area (Å²) in [5, 5.41) is 4.17. The molecule has 0 spiro atoms. The number of para-hydroxylation sites is 2. The average molecular weight is 505 g/mol. The molecule has 2 heterocycles. The molecule has 0 unspecified atom stereocenters. The van der Waals surface area contributed by atoms with Gasteiger partial charge in [-0.1, -0.05) is 86.2 Å². The zero-order chi connectivity index (χ0) is 24.1. The van der Waals surface area contributed by atoms with E-state index in [1.54, 1.807) is 11.8 Å². The van der Waals surface area contributed by atoms with Crippen LogP contribution in [0.5, 0.6) is 0 Å². The lowest BCUT2D eigenvalue weighted by Crippen LogP contribution is -2.14. The molecule has 0 radical (unpaired) electrons. The topological polar surface area (TPSA) is 15.3 Å². The van der Waals surface area contributed by atoms with Crippen molar-refractivity contribution < 1.29 is 0 Å². The maximum atomic E-state index is 5.96. The smallest absolute Gasteiger partial charge is 0.0552 e. The van der Waals surface area contributed by atoms with Gasteiger partial charge >= 0.3 is 0 Å². The van der Waals surface area contributed by atoms with Gasteiger partial charge in [-0.15, -0.1) is 0 Å². The molecule has 0 aromatic heterocycles. The van der Waals surface area contributed by atoms with Crippen LogP contribution in [0.2, 0.25) is 5.02 Å². The van der Waals surface area contributed by atoms with E-state index in [0.717, 1.165) is 22.8 Å². The predicted molar refractivity (Wildman–Crippen MR) is 151 cm³/mol. The van der Waals surface area contributed by atoms with Gasteiger partial charge in [-0.25, -0.2) is 0 Å². The molecule has 0 saturated heterocycles.